The Hall–Kier alpha value is -2.93. The Balaban J connectivity index is 1.70. The van der Waals surface area contributed by atoms with E-state index in [9.17, 15) is 0 Å². The van der Waals surface area contributed by atoms with Crippen molar-refractivity contribution >= 4 is 12.2 Å². The molecule has 1 heterocycles. The van der Waals surface area contributed by atoms with E-state index in [1.807, 2.05) is 6.20 Å². The zero-order valence-electron chi connectivity index (χ0n) is 19.8. The molecule has 2 aromatic carbocycles. The van der Waals surface area contributed by atoms with Crippen LogP contribution in [-0.2, 0) is 10.8 Å². The van der Waals surface area contributed by atoms with Crippen LogP contribution in [0, 0.1) is 0 Å². The fraction of sp³-hybridized carbons (Fsp3) is 0.323. The van der Waals surface area contributed by atoms with Crippen LogP contribution in [0.1, 0.15) is 86.8 Å². The third kappa shape index (κ3) is 3.35. The van der Waals surface area contributed by atoms with Crippen LogP contribution >= 0.6 is 0 Å². The highest BCUT2D eigenvalue weighted by molar-refractivity contribution is 5.79. The Morgan fingerprint density at radius 1 is 0.688 bits per heavy atom. The van der Waals surface area contributed by atoms with Gasteiger partial charge in [-0.2, -0.15) is 0 Å². The maximum Gasteiger partial charge on any atom is 0.0780 e. The summed E-state index contributed by atoms with van der Waals surface area (Å²) in [7, 11) is 0. The van der Waals surface area contributed by atoms with Crippen LogP contribution in [0.25, 0.3) is 23.4 Å². The van der Waals surface area contributed by atoms with Crippen LogP contribution in [0.5, 0.6) is 0 Å². The maximum atomic E-state index is 4.88. The van der Waals surface area contributed by atoms with Crippen LogP contribution in [0.4, 0.5) is 0 Å². The molecule has 2 aliphatic carbocycles. The molecule has 1 aromatic heterocycles. The quantitative estimate of drug-likeness (QED) is 0.386. The third-order valence-electron chi connectivity index (χ3n) is 7.51. The molecule has 0 radical (unpaired) electrons. The Kier molecular flexibility index (Phi) is 5.16. The summed E-state index contributed by atoms with van der Waals surface area (Å²) in [5.74, 6) is 0. The molecule has 32 heavy (non-hydrogen) atoms. The molecule has 0 unspecified atom stereocenters. The molecule has 1 nitrogen and oxygen atoms in total. The lowest BCUT2D eigenvalue weighted by molar-refractivity contribution is 0.521. The molecule has 0 atom stereocenters. The SMILES string of the molecule is CC1(C)c2ccccc2C(C)(C)c2cc(-c3nccc4c3/C=C/CCCCC=C4)ccc21. The minimum atomic E-state index is -0.0498. The molecule has 0 N–H and O–H groups in total. The monoisotopic (exact) mass is 419 g/mol. The first-order valence-electron chi connectivity index (χ1n) is 12.0. The van der Waals surface area contributed by atoms with Gasteiger partial charge in [-0.1, -0.05) is 88.4 Å². The molecule has 1 heteroatoms. The van der Waals surface area contributed by atoms with Gasteiger partial charge in [0, 0.05) is 28.2 Å². The first-order valence-corrected chi connectivity index (χ1v) is 12.0. The standard InChI is InChI=1S/C31H33N/c1-30(2)25-15-11-12-16-26(25)31(3,4)28-21-23(17-18-27(28)30)29-24-14-10-8-6-5-7-9-13-22(24)19-20-32-29/h9-21H,5-8H2,1-4H3/b13-9?,14-10+. The van der Waals surface area contributed by atoms with Crippen molar-refractivity contribution in [2.45, 2.75) is 64.2 Å². The number of allylic oxidation sites excluding steroid dienone is 2. The number of nitrogens with zero attached hydrogens (tertiary/aromatic N) is 1. The normalized spacial score (nSPS) is 19.4. The first kappa shape index (κ1) is 20.9. The molecule has 162 valence electrons. The van der Waals surface area contributed by atoms with Gasteiger partial charge in [0.2, 0.25) is 0 Å². The van der Waals surface area contributed by atoms with E-state index in [0.29, 0.717) is 0 Å². The number of benzene rings is 2. The van der Waals surface area contributed by atoms with Crippen LogP contribution in [0.15, 0.2) is 66.9 Å². The molecule has 0 aliphatic heterocycles. The van der Waals surface area contributed by atoms with Crippen LogP contribution in [-0.4, -0.2) is 4.98 Å². The molecular formula is C31H33N. The average molecular weight is 420 g/mol. The van der Waals surface area contributed by atoms with E-state index in [2.05, 4.69) is 101 Å². The lowest BCUT2D eigenvalue weighted by atomic mass is 9.60. The first-order chi connectivity index (χ1) is 15.4. The largest absolute Gasteiger partial charge is 0.256 e. The predicted octanol–water partition coefficient (Wildman–Crippen LogP) is 8.31. The van der Waals surface area contributed by atoms with Crippen molar-refractivity contribution in [3.63, 3.8) is 0 Å². The van der Waals surface area contributed by atoms with E-state index in [1.165, 1.54) is 51.8 Å². The van der Waals surface area contributed by atoms with Gasteiger partial charge in [0.05, 0.1) is 5.69 Å². The minimum absolute atomic E-state index is 0.0161. The van der Waals surface area contributed by atoms with E-state index >= 15 is 0 Å². The molecule has 5 rings (SSSR count). The van der Waals surface area contributed by atoms with Crippen molar-refractivity contribution in [3.8, 4) is 11.3 Å². The molecule has 0 saturated carbocycles. The second-order valence-electron chi connectivity index (χ2n) is 10.3. The second kappa shape index (κ2) is 7.89. The molecule has 0 bridgehead atoms. The number of hydrogen-bond donors (Lipinski definition) is 0. The number of fused-ring (bicyclic) bond motifs is 3. The van der Waals surface area contributed by atoms with Gasteiger partial charge in [0.25, 0.3) is 0 Å². The highest BCUT2D eigenvalue weighted by Crippen LogP contribution is 2.50. The van der Waals surface area contributed by atoms with E-state index < -0.39 is 0 Å². The van der Waals surface area contributed by atoms with Gasteiger partial charge in [-0.3, -0.25) is 4.98 Å². The summed E-state index contributed by atoms with van der Waals surface area (Å²) < 4.78 is 0. The number of pyridine rings is 1. The molecule has 0 fully saturated rings. The topological polar surface area (TPSA) is 12.9 Å². The minimum Gasteiger partial charge on any atom is -0.256 e. The summed E-state index contributed by atoms with van der Waals surface area (Å²) in [5, 5.41) is 0. The maximum absolute atomic E-state index is 4.88. The van der Waals surface area contributed by atoms with Crippen LogP contribution < -0.4 is 0 Å². The third-order valence-corrected chi connectivity index (χ3v) is 7.51. The van der Waals surface area contributed by atoms with Gasteiger partial charge in [0.15, 0.2) is 0 Å². The van der Waals surface area contributed by atoms with E-state index in [0.717, 1.165) is 18.5 Å². The highest BCUT2D eigenvalue weighted by atomic mass is 14.7. The van der Waals surface area contributed by atoms with Gasteiger partial charge >= 0.3 is 0 Å². The summed E-state index contributed by atoms with van der Waals surface area (Å²) in [6, 6.07) is 18.1. The zero-order valence-corrected chi connectivity index (χ0v) is 19.8. The molecule has 0 saturated heterocycles. The smallest absolute Gasteiger partial charge is 0.0780 e. The van der Waals surface area contributed by atoms with Gasteiger partial charge in [-0.05, 0) is 65.6 Å². The van der Waals surface area contributed by atoms with Gasteiger partial charge in [-0.25, -0.2) is 0 Å². The lowest BCUT2D eigenvalue weighted by Gasteiger charge is -2.44. The lowest BCUT2D eigenvalue weighted by Crippen LogP contribution is -2.36. The van der Waals surface area contributed by atoms with Gasteiger partial charge in [-0.15, -0.1) is 0 Å². The fourth-order valence-corrected chi connectivity index (χ4v) is 5.59. The number of hydrogen-bond acceptors (Lipinski definition) is 1. The summed E-state index contributed by atoms with van der Waals surface area (Å²) in [6.45, 7) is 9.44. The van der Waals surface area contributed by atoms with Crippen molar-refractivity contribution in [3.05, 3.63) is 100 Å². The Bertz CT molecular complexity index is 1220. The predicted molar refractivity (Wildman–Crippen MR) is 137 cm³/mol. The fourth-order valence-electron chi connectivity index (χ4n) is 5.59. The van der Waals surface area contributed by atoms with Crippen LogP contribution in [0.3, 0.4) is 0 Å². The van der Waals surface area contributed by atoms with E-state index in [-0.39, 0.29) is 10.8 Å². The van der Waals surface area contributed by atoms with Crippen molar-refractivity contribution < 1.29 is 0 Å². The molecule has 0 amide bonds. The Morgan fingerprint density at radius 2 is 1.31 bits per heavy atom. The van der Waals surface area contributed by atoms with E-state index in [1.54, 1.807) is 0 Å². The van der Waals surface area contributed by atoms with Crippen molar-refractivity contribution in [1.82, 2.24) is 4.98 Å². The van der Waals surface area contributed by atoms with E-state index in [4.69, 9.17) is 4.98 Å². The summed E-state index contributed by atoms with van der Waals surface area (Å²) >= 11 is 0. The Labute approximate surface area is 192 Å². The average Bonchev–Trinajstić information content (AvgIpc) is 2.80. The van der Waals surface area contributed by atoms with Crippen LogP contribution in [0.2, 0.25) is 0 Å². The molecule has 3 aromatic rings. The second-order valence-corrected chi connectivity index (χ2v) is 10.3. The number of rotatable bonds is 1. The summed E-state index contributed by atoms with van der Waals surface area (Å²) in [5.41, 5.74) is 10.4. The molecule has 2 aliphatic rings. The van der Waals surface area contributed by atoms with Gasteiger partial charge in [0.1, 0.15) is 0 Å². The Morgan fingerprint density at radius 3 is 2.03 bits per heavy atom. The van der Waals surface area contributed by atoms with Crippen molar-refractivity contribution in [2.75, 3.05) is 0 Å². The zero-order chi connectivity index (χ0) is 22.3. The van der Waals surface area contributed by atoms with Crippen molar-refractivity contribution in [1.29, 1.82) is 0 Å². The highest BCUT2D eigenvalue weighted by Gasteiger charge is 2.41. The molecular weight excluding hydrogens is 386 g/mol. The van der Waals surface area contributed by atoms with Crippen molar-refractivity contribution in [2.24, 2.45) is 0 Å². The number of aromatic nitrogens is 1. The van der Waals surface area contributed by atoms with Gasteiger partial charge < -0.3 is 0 Å². The molecule has 0 spiro atoms. The summed E-state index contributed by atoms with van der Waals surface area (Å²) in [4.78, 5) is 4.88. The summed E-state index contributed by atoms with van der Waals surface area (Å²) in [6.07, 6.45) is 15.9.